The quantitative estimate of drug-likeness (QED) is 0.0888. The molecule has 0 radical (unpaired) electrons. The van der Waals surface area contributed by atoms with Crippen molar-refractivity contribution in [3.63, 3.8) is 0 Å². The molecule has 7 heteroatoms. The highest BCUT2D eigenvalue weighted by Gasteiger charge is 2.14. The molecule has 0 saturated heterocycles. The summed E-state index contributed by atoms with van der Waals surface area (Å²) in [5.41, 5.74) is 5.17. The fourth-order valence-electron chi connectivity index (χ4n) is 3.37. The van der Waals surface area contributed by atoms with E-state index in [0.29, 0.717) is 23.9 Å². The van der Waals surface area contributed by atoms with Crippen molar-refractivity contribution in [3.05, 3.63) is 132 Å². The first-order chi connectivity index (χ1) is 19.0. The van der Waals surface area contributed by atoms with Gasteiger partial charge < -0.3 is 14.2 Å². The number of amides is 1. The summed E-state index contributed by atoms with van der Waals surface area (Å²) < 4.78 is 16.8. The lowest BCUT2D eigenvalue weighted by molar-refractivity contribution is -0.129. The molecule has 0 bridgehead atoms. The summed E-state index contributed by atoms with van der Waals surface area (Å²) in [5.74, 6) is 0.773. The number of benzene rings is 4. The third kappa shape index (κ3) is 9.02. The molecule has 0 heterocycles. The minimum atomic E-state index is -0.760. The summed E-state index contributed by atoms with van der Waals surface area (Å²) in [4.78, 5) is 24.4. The van der Waals surface area contributed by atoms with Gasteiger partial charge in [-0.1, -0.05) is 60.7 Å². The number of nitrogens with one attached hydrogen (secondary N) is 1. The van der Waals surface area contributed by atoms with Crippen molar-refractivity contribution in [1.82, 2.24) is 5.43 Å². The number of rotatable bonds is 11. The molecular weight excluding hydrogens is 492 g/mol. The number of hydrogen-bond donors (Lipinski definition) is 1. The number of hydrazone groups is 1. The largest absolute Gasteiger partial charge is 0.489 e. The van der Waals surface area contributed by atoms with Crippen molar-refractivity contribution < 1.29 is 23.8 Å². The number of nitrogens with zero attached hydrogens (tertiary/aromatic N) is 1. The third-order valence-corrected chi connectivity index (χ3v) is 5.45. The maximum Gasteiger partial charge on any atom is 0.336 e. The lowest BCUT2D eigenvalue weighted by atomic mass is 10.2. The highest BCUT2D eigenvalue weighted by molar-refractivity contribution is 5.89. The molecule has 7 nitrogen and oxygen atoms in total. The Bertz CT molecular complexity index is 1400. The molecule has 1 atom stereocenters. The van der Waals surface area contributed by atoms with Crippen LogP contribution in [0.5, 0.6) is 17.2 Å². The van der Waals surface area contributed by atoms with E-state index in [-0.39, 0.29) is 0 Å². The average Bonchev–Trinajstić information content (AvgIpc) is 2.97. The van der Waals surface area contributed by atoms with Crippen LogP contribution in [0.15, 0.2) is 120 Å². The predicted molar refractivity (Wildman–Crippen MR) is 151 cm³/mol. The molecule has 1 unspecified atom stereocenters. The van der Waals surface area contributed by atoms with E-state index in [2.05, 4.69) is 10.5 Å². The van der Waals surface area contributed by atoms with E-state index in [4.69, 9.17) is 14.2 Å². The van der Waals surface area contributed by atoms with Crippen molar-refractivity contribution in [2.75, 3.05) is 0 Å². The standard InChI is InChI=1S/C32H28N2O5/c1-24(38-29-19-17-28(18-20-29)37-23-27-10-6-3-7-11-27)32(36)34-33-22-26-12-15-30(16-13-26)39-31(35)21-14-25-8-4-2-5-9-25/h2-22,24H,23H2,1H3,(H,34,36)/b21-14+,33-22+. The van der Waals surface area contributed by atoms with Crippen LogP contribution in [0.25, 0.3) is 6.08 Å². The van der Waals surface area contributed by atoms with Gasteiger partial charge in [0.2, 0.25) is 0 Å². The van der Waals surface area contributed by atoms with Crippen molar-refractivity contribution >= 4 is 24.2 Å². The zero-order valence-electron chi connectivity index (χ0n) is 21.4. The Balaban J connectivity index is 1.19. The van der Waals surface area contributed by atoms with E-state index >= 15 is 0 Å². The molecule has 196 valence electrons. The van der Waals surface area contributed by atoms with Crippen LogP contribution < -0.4 is 19.6 Å². The molecule has 39 heavy (non-hydrogen) atoms. The van der Waals surface area contributed by atoms with Crippen LogP contribution in [0.4, 0.5) is 0 Å². The van der Waals surface area contributed by atoms with E-state index in [0.717, 1.165) is 16.7 Å². The molecule has 0 spiro atoms. The van der Waals surface area contributed by atoms with Gasteiger partial charge in [0, 0.05) is 6.08 Å². The van der Waals surface area contributed by atoms with E-state index < -0.39 is 18.0 Å². The number of hydrogen-bond acceptors (Lipinski definition) is 6. The summed E-state index contributed by atoms with van der Waals surface area (Å²) in [6, 6.07) is 33.2. The highest BCUT2D eigenvalue weighted by atomic mass is 16.5. The minimum absolute atomic E-state index is 0.397. The third-order valence-electron chi connectivity index (χ3n) is 5.45. The first-order valence-corrected chi connectivity index (χ1v) is 12.4. The predicted octanol–water partition coefficient (Wildman–Crippen LogP) is 5.80. The Morgan fingerprint density at radius 1 is 0.769 bits per heavy atom. The summed E-state index contributed by atoms with van der Waals surface area (Å²) in [6.45, 7) is 2.11. The smallest absolute Gasteiger partial charge is 0.336 e. The Hall–Kier alpha value is -5.17. The van der Waals surface area contributed by atoms with Gasteiger partial charge in [-0.2, -0.15) is 5.10 Å². The number of esters is 1. The second kappa shape index (κ2) is 13.9. The van der Waals surface area contributed by atoms with Gasteiger partial charge >= 0.3 is 5.97 Å². The number of carbonyl (C=O) groups excluding carboxylic acids is 2. The fourth-order valence-corrected chi connectivity index (χ4v) is 3.37. The maximum atomic E-state index is 12.4. The molecule has 1 amide bonds. The Kier molecular flexibility index (Phi) is 9.61. The van der Waals surface area contributed by atoms with Gasteiger partial charge in [0.05, 0.1) is 6.21 Å². The van der Waals surface area contributed by atoms with Gasteiger partial charge in [0.25, 0.3) is 5.91 Å². The van der Waals surface area contributed by atoms with Gasteiger partial charge in [0.1, 0.15) is 23.9 Å². The Morgan fingerprint density at radius 3 is 2.08 bits per heavy atom. The lowest BCUT2D eigenvalue weighted by Crippen LogP contribution is -2.33. The van der Waals surface area contributed by atoms with Crippen molar-refractivity contribution in [2.24, 2.45) is 5.10 Å². The van der Waals surface area contributed by atoms with E-state index in [1.165, 1.54) is 12.3 Å². The summed E-state index contributed by atoms with van der Waals surface area (Å²) in [7, 11) is 0. The van der Waals surface area contributed by atoms with Crippen molar-refractivity contribution in [1.29, 1.82) is 0 Å². The van der Waals surface area contributed by atoms with Crippen LogP contribution in [0.2, 0.25) is 0 Å². The van der Waals surface area contributed by atoms with Crippen LogP contribution in [-0.4, -0.2) is 24.2 Å². The Morgan fingerprint density at radius 2 is 1.38 bits per heavy atom. The topological polar surface area (TPSA) is 86.2 Å². The molecule has 0 aliphatic rings. The van der Waals surface area contributed by atoms with Gasteiger partial charge in [-0.3, -0.25) is 4.79 Å². The van der Waals surface area contributed by atoms with Crippen LogP contribution >= 0.6 is 0 Å². The maximum absolute atomic E-state index is 12.4. The van der Waals surface area contributed by atoms with E-state index in [1.54, 1.807) is 61.5 Å². The molecule has 1 N–H and O–H groups in total. The van der Waals surface area contributed by atoms with Crippen molar-refractivity contribution in [2.45, 2.75) is 19.6 Å². The molecule has 0 aromatic heterocycles. The zero-order valence-corrected chi connectivity index (χ0v) is 21.4. The lowest BCUT2D eigenvalue weighted by Gasteiger charge is -2.13. The Labute approximate surface area is 227 Å². The van der Waals surface area contributed by atoms with Crippen LogP contribution in [0.1, 0.15) is 23.6 Å². The normalized spacial score (nSPS) is 11.7. The average molecular weight is 521 g/mol. The van der Waals surface area contributed by atoms with Crippen LogP contribution in [0.3, 0.4) is 0 Å². The molecule has 4 rings (SSSR count). The molecule has 4 aromatic carbocycles. The molecular formula is C32H28N2O5. The molecule has 0 fully saturated rings. The fraction of sp³-hybridized carbons (Fsp3) is 0.0938. The van der Waals surface area contributed by atoms with Crippen LogP contribution in [0, 0.1) is 0 Å². The molecule has 0 aliphatic heterocycles. The van der Waals surface area contributed by atoms with Crippen LogP contribution in [-0.2, 0) is 16.2 Å². The second-order valence-electron chi connectivity index (χ2n) is 8.47. The van der Waals surface area contributed by atoms with Crippen molar-refractivity contribution in [3.8, 4) is 17.2 Å². The first-order valence-electron chi connectivity index (χ1n) is 12.4. The van der Waals surface area contributed by atoms with E-state index in [9.17, 15) is 9.59 Å². The summed E-state index contributed by atoms with van der Waals surface area (Å²) >= 11 is 0. The van der Waals surface area contributed by atoms with Gasteiger partial charge in [-0.15, -0.1) is 0 Å². The molecule has 4 aromatic rings. The summed E-state index contributed by atoms with van der Waals surface area (Å²) in [5, 5.41) is 3.98. The second-order valence-corrected chi connectivity index (χ2v) is 8.47. The summed E-state index contributed by atoms with van der Waals surface area (Å²) in [6.07, 6.45) is 3.79. The van der Waals surface area contributed by atoms with Gasteiger partial charge in [0.15, 0.2) is 6.10 Å². The first kappa shape index (κ1) is 26.9. The molecule has 0 aliphatic carbocycles. The molecule has 0 saturated carbocycles. The zero-order chi connectivity index (χ0) is 27.3. The highest BCUT2D eigenvalue weighted by Crippen LogP contribution is 2.20. The SMILES string of the molecule is CC(Oc1ccc(OCc2ccccc2)cc1)C(=O)N/N=C/c1ccc(OC(=O)/C=C/c2ccccc2)cc1. The van der Waals surface area contributed by atoms with Gasteiger partial charge in [-0.25, -0.2) is 10.2 Å². The monoisotopic (exact) mass is 520 g/mol. The van der Waals surface area contributed by atoms with E-state index in [1.807, 2.05) is 60.7 Å². The number of ether oxygens (including phenoxy) is 3. The number of carbonyl (C=O) groups is 2. The minimum Gasteiger partial charge on any atom is -0.489 e. The van der Waals surface area contributed by atoms with Gasteiger partial charge in [-0.05, 0) is 78.2 Å².